The number of nitrogens with zero attached hydrogens (tertiary/aromatic N) is 3. The van der Waals surface area contributed by atoms with Crippen LogP contribution in [-0.2, 0) is 4.74 Å². The lowest BCUT2D eigenvalue weighted by Gasteiger charge is -2.40. The van der Waals surface area contributed by atoms with E-state index in [0.29, 0.717) is 43.2 Å². The molecule has 7 N–H and O–H groups in total. The van der Waals surface area contributed by atoms with Gasteiger partial charge in [0, 0.05) is 24.0 Å². The average molecular weight is 621 g/mol. The Morgan fingerprint density at radius 1 is 1.09 bits per heavy atom. The maximum absolute atomic E-state index is 14.4. The number of rotatable bonds is 13. The second-order valence-electron chi connectivity index (χ2n) is 9.80. The second-order valence-corrected chi connectivity index (χ2v) is 10.2. The molecule has 1 aromatic carbocycles. The fourth-order valence-electron chi connectivity index (χ4n) is 4.52. The molecule has 2 aromatic heterocycles. The zero-order valence-corrected chi connectivity index (χ0v) is 24.0. The first-order chi connectivity index (χ1) is 20.7. The van der Waals surface area contributed by atoms with E-state index < -0.39 is 42.9 Å². The first-order valence-corrected chi connectivity index (χ1v) is 14.0. The van der Waals surface area contributed by atoms with Crippen molar-refractivity contribution in [3.05, 3.63) is 59.3 Å². The predicted molar refractivity (Wildman–Crippen MR) is 155 cm³/mol. The maximum atomic E-state index is 14.4. The summed E-state index contributed by atoms with van der Waals surface area (Å²) in [5.41, 5.74) is 0.738. The Balaban J connectivity index is 1.30. The Morgan fingerprint density at radius 3 is 2.65 bits per heavy atom. The van der Waals surface area contributed by atoms with Gasteiger partial charge >= 0.3 is 0 Å². The zero-order valence-electron chi connectivity index (χ0n) is 23.3. The van der Waals surface area contributed by atoms with Crippen LogP contribution in [0, 0.1) is 5.82 Å². The van der Waals surface area contributed by atoms with Gasteiger partial charge in [-0.25, -0.2) is 14.4 Å². The van der Waals surface area contributed by atoms with Crippen LogP contribution in [0.3, 0.4) is 0 Å². The van der Waals surface area contributed by atoms with Crippen molar-refractivity contribution in [2.24, 2.45) is 0 Å². The third-order valence-electron chi connectivity index (χ3n) is 6.88. The molecular formula is C28H34ClFN6O7. The number of benzene rings is 1. The number of hydrogen-bond acceptors (Lipinski definition) is 12. The number of aromatic nitrogens is 3. The summed E-state index contributed by atoms with van der Waals surface area (Å²) in [5, 5.41) is 48.6. The van der Waals surface area contributed by atoms with Crippen LogP contribution in [0.25, 0.3) is 11.4 Å². The molecule has 5 atom stereocenters. The Morgan fingerprint density at radius 2 is 1.88 bits per heavy atom. The van der Waals surface area contributed by atoms with Gasteiger partial charge in [0.05, 0.1) is 42.8 Å². The lowest BCUT2D eigenvalue weighted by atomic mass is 9.93. The Bertz CT molecular complexity index is 1390. The molecule has 1 amide bonds. The largest absolute Gasteiger partial charge is 0.491 e. The number of carbonyl (C=O) groups excluding carboxylic acids is 1. The summed E-state index contributed by atoms with van der Waals surface area (Å²) in [7, 11) is 1.43. The van der Waals surface area contributed by atoms with Crippen LogP contribution in [0.1, 0.15) is 23.2 Å². The molecule has 3 aromatic rings. The second kappa shape index (κ2) is 15.3. The quantitative estimate of drug-likeness (QED) is 0.135. The summed E-state index contributed by atoms with van der Waals surface area (Å²) < 4.78 is 25.3. The van der Waals surface area contributed by atoms with Gasteiger partial charge in [0.25, 0.3) is 5.91 Å². The van der Waals surface area contributed by atoms with Gasteiger partial charge in [0.15, 0.2) is 17.4 Å². The topological polar surface area (TPSA) is 191 Å². The molecule has 1 fully saturated rings. The fraction of sp³-hybridized carbons (Fsp3) is 0.429. The van der Waals surface area contributed by atoms with Crippen molar-refractivity contribution in [2.75, 3.05) is 38.7 Å². The summed E-state index contributed by atoms with van der Waals surface area (Å²) in [6.07, 6.45) is -0.519. The number of methoxy groups -OCH3 is 1. The molecule has 0 radical (unpaired) electrons. The molecule has 1 aliphatic rings. The monoisotopic (exact) mass is 620 g/mol. The van der Waals surface area contributed by atoms with Crippen molar-refractivity contribution in [3.8, 4) is 17.1 Å². The highest BCUT2D eigenvalue weighted by Gasteiger charge is 2.42. The SMILES string of the molecule is COc1cnc(-c2cc(Cl)ccc2F)nc1Nc1ccncc1C(=O)NCCCNCCC1O[C@H](CO)[C@@H](O)[C@H](O)[C@H]1O. The van der Waals surface area contributed by atoms with Crippen LogP contribution < -0.4 is 20.7 Å². The van der Waals surface area contributed by atoms with Gasteiger partial charge in [-0.15, -0.1) is 0 Å². The normalized spacial score (nSPS) is 21.8. The molecule has 0 spiro atoms. The van der Waals surface area contributed by atoms with Crippen molar-refractivity contribution >= 4 is 29.0 Å². The number of pyridine rings is 1. The Hall–Kier alpha value is -3.50. The van der Waals surface area contributed by atoms with Crippen molar-refractivity contribution in [3.63, 3.8) is 0 Å². The Labute approximate surface area is 252 Å². The summed E-state index contributed by atoms with van der Waals surface area (Å²) in [4.78, 5) is 25.6. The van der Waals surface area contributed by atoms with E-state index in [1.807, 2.05) is 0 Å². The predicted octanol–water partition coefficient (Wildman–Crippen LogP) is 1.03. The minimum Gasteiger partial charge on any atom is -0.491 e. The van der Waals surface area contributed by atoms with E-state index in [2.05, 4.69) is 30.9 Å². The standard InChI is InChI=1S/C28H34ClFN6O7/c1-42-21-13-34-26(16-11-15(29)3-4-18(16)30)36-27(21)35-19-5-9-32-12-17(19)28(41)33-8-2-7-31-10-6-20-23(38)25(40)24(39)22(14-37)43-20/h3-5,9,11-13,20,22-25,31,37-40H,2,6-8,10,14H2,1H3,(H,33,41)(H,32,34,35,36)/t20?,22-,23+,24-,25-/m1/s1. The molecule has 43 heavy (non-hydrogen) atoms. The molecule has 4 rings (SSSR count). The van der Waals surface area contributed by atoms with Crippen molar-refractivity contribution in [2.45, 2.75) is 43.4 Å². The molecule has 232 valence electrons. The van der Waals surface area contributed by atoms with Crippen molar-refractivity contribution in [1.82, 2.24) is 25.6 Å². The van der Waals surface area contributed by atoms with E-state index in [-0.39, 0.29) is 34.4 Å². The zero-order chi connectivity index (χ0) is 30.9. The maximum Gasteiger partial charge on any atom is 0.254 e. The summed E-state index contributed by atoms with van der Waals surface area (Å²) in [6, 6.07) is 5.65. The van der Waals surface area contributed by atoms with E-state index in [9.17, 15) is 29.6 Å². The number of amides is 1. The van der Waals surface area contributed by atoms with Crippen LogP contribution in [0.15, 0.2) is 42.9 Å². The lowest BCUT2D eigenvalue weighted by Crippen LogP contribution is -2.58. The highest BCUT2D eigenvalue weighted by molar-refractivity contribution is 6.30. The molecule has 3 heterocycles. The molecule has 15 heteroatoms. The average Bonchev–Trinajstić information content (AvgIpc) is 3.01. The van der Waals surface area contributed by atoms with Gasteiger partial charge in [0.2, 0.25) is 0 Å². The van der Waals surface area contributed by atoms with Gasteiger partial charge in [0.1, 0.15) is 30.2 Å². The molecule has 0 bridgehead atoms. The minimum atomic E-state index is -1.40. The first kappa shape index (κ1) is 32.4. The fourth-order valence-corrected chi connectivity index (χ4v) is 4.69. The molecule has 0 aliphatic carbocycles. The number of aliphatic hydroxyl groups is 4. The molecule has 0 saturated carbocycles. The van der Waals surface area contributed by atoms with Gasteiger partial charge in [-0.2, -0.15) is 0 Å². The molecule has 1 saturated heterocycles. The number of aliphatic hydroxyl groups excluding tert-OH is 4. The van der Waals surface area contributed by atoms with E-state index in [1.165, 1.54) is 43.9 Å². The number of halogens is 2. The molecule has 1 unspecified atom stereocenters. The van der Waals surface area contributed by atoms with Crippen LogP contribution in [-0.4, -0.2) is 105 Å². The van der Waals surface area contributed by atoms with Crippen LogP contribution in [0.5, 0.6) is 5.75 Å². The first-order valence-electron chi connectivity index (χ1n) is 13.6. The van der Waals surface area contributed by atoms with E-state index >= 15 is 0 Å². The highest BCUT2D eigenvalue weighted by Crippen LogP contribution is 2.30. The van der Waals surface area contributed by atoms with Crippen molar-refractivity contribution in [1.29, 1.82) is 0 Å². The van der Waals surface area contributed by atoms with E-state index in [1.54, 1.807) is 6.07 Å². The molecular weight excluding hydrogens is 587 g/mol. The number of ether oxygens (including phenoxy) is 2. The molecule has 1 aliphatic heterocycles. The van der Waals surface area contributed by atoms with Crippen LogP contribution in [0.4, 0.5) is 15.9 Å². The van der Waals surface area contributed by atoms with E-state index in [0.717, 1.165) is 0 Å². The van der Waals surface area contributed by atoms with Crippen LogP contribution >= 0.6 is 11.6 Å². The smallest absolute Gasteiger partial charge is 0.254 e. The number of anilines is 2. The summed E-state index contributed by atoms with van der Waals surface area (Å²) >= 11 is 6.03. The van der Waals surface area contributed by atoms with Crippen LogP contribution in [0.2, 0.25) is 5.02 Å². The van der Waals surface area contributed by atoms with Gasteiger partial charge in [-0.3, -0.25) is 9.78 Å². The third-order valence-corrected chi connectivity index (χ3v) is 7.11. The minimum absolute atomic E-state index is 0.0717. The van der Waals surface area contributed by atoms with Gasteiger partial charge < -0.3 is 45.9 Å². The number of hydrogen-bond donors (Lipinski definition) is 7. The van der Waals surface area contributed by atoms with Gasteiger partial charge in [-0.05, 0) is 50.2 Å². The van der Waals surface area contributed by atoms with Gasteiger partial charge in [-0.1, -0.05) is 11.6 Å². The van der Waals surface area contributed by atoms with Crippen molar-refractivity contribution < 1.29 is 39.1 Å². The van der Waals surface area contributed by atoms with E-state index in [4.69, 9.17) is 21.1 Å². The number of carbonyl (C=O) groups is 1. The number of nitrogens with one attached hydrogen (secondary N) is 3. The lowest BCUT2D eigenvalue weighted by molar-refractivity contribution is -0.229. The summed E-state index contributed by atoms with van der Waals surface area (Å²) in [5.74, 6) is -0.388. The molecule has 13 nitrogen and oxygen atoms in total. The third kappa shape index (κ3) is 8.12. The highest BCUT2D eigenvalue weighted by atomic mass is 35.5. The Kier molecular flexibility index (Phi) is 11.5. The summed E-state index contributed by atoms with van der Waals surface area (Å²) in [6.45, 7) is 0.848.